The molecule has 27 heavy (non-hydrogen) atoms. The molecule has 1 aliphatic rings. The molecule has 0 atom stereocenters. The summed E-state index contributed by atoms with van der Waals surface area (Å²) in [6, 6.07) is 6.19. The molecule has 0 saturated carbocycles. The zero-order valence-electron chi connectivity index (χ0n) is 14.0. The van der Waals surface area contributed by atoms with Crippen molar-refractivity contribution in [3.8, 4) is 0 Å². The van der Waals surface area contributed by atoms with Gasteiger partial charge < -0.3 is 15.0 Å². The van der Waals surface area contributed by atoms with Crippen molar-refractivity contribution in [3.05, 3.63) is 62.5 Å². The van der Waals surface area contributed by atoms with Crippen LogP contribution in [0.3, 0.4) is 0 Å². The quantitative estimate of drug-likeness (QED) is 0.755. The predicted molar refractivity (Wildman–Crippen MR) is 96.6 cm³/mol. The van der Waals surface area contributed by atoms with Crippen LogP contribution >= 0.6 is 15.9 Å². The average Bonchev–Trinajstić information content (AvgIpc) is 2.64. The first kappa shape index (κ1) is 19.6. The van der Waals surface area contributed by atoms with Crippen molar-refractivity contribution < 1.29 is 22.7 Å². The molecule has 2 heterocycles. The van der Waals surface area contributed by atoms with Gasteiger partial charge in [0.2, 0.25) is 5.91 Å². The van der Waals surface area contributed by atoms with Gasteiger partial charge in [0, 0.05) is 23.9 Å². The van der Waals surface area contributed by atoms with E-state index in [9.17, 15) is 22.8 Å². The molecule has 0 aliphatic carbocycles. The molecule has 1 saturated heterocycles. The van der Waals surface area contributed by atoms with Crippen molar-refractivity contribution in [2.45, 2.75) is 24.4 Å². The Morgan fingerprint density at radius 2 is 1.93 bits per heavy atom. The van der Waals surface area contributed by atoms with E-state index in [0.29, 0.717) is 4.47 Å². The number of carbonyl (C=O) groups is 1. The lowest BCUT2D eigenvalue weighted by Gasteiger charge is -2.36. The largest absolute Gasteiger partial charge is 0.416 e. The molecule has 0 unspecified atom stereocenters. The number of anilines is 1. The molecule has 0 radical (unpaired) electrons. The third-order valence-electron chi connectivity index (χ3n) is 4.64. The first-order valence-electron chi connectivity index (χ1n) is 8.17. The second kappa shape index (κ2) is 7.47. The number of aromatic nitrogens is 1. The van der Waals surface area contributed by atoms with Gasteiger partial charge in [-0.15, -0.1) is 0 Å². The fourth-order valence-corrected chi connectivity index (χ4v) is 3.50. The average molecular weight is 445 g/mol. The molecule has 1 aromatic carbocycles. The number of hydrogen-bond acceptors (Lipinski definition) is 3. The first-order chi connectivity index (χ1) is 12.7. The molecule has 2 aromatic rings. The third kappa shape index (κ3) is 4.08. The number of carbonyl (C=O) groups excluding carboxylic acids is 1. The number of halogens is 4. The Labute approximate surface area is 161 Å². The Kier molecular flexibility index (Phi) is 5.43. The maximum atomic E-state index is 13.1. The molecule has 1 aromatic heterocycles. The van der Waals surface area contributed by atoms with Crippen LogP contribution in [0.25, 0.3) is 0 Å². The number of benzene rings is 1. The van der Waals surface area contributed by atoms with Crippen molar-refractivity contribution in [3.63, 3.8) is 0 Å². The lowest BCUT2D eigenvalue weighted by molar-refractivity contribution is -0.138. The summed E-state index contributed by atoms with van der Waals surface area (Å²) in [6.07, 6.45) is -2.66. The van der Waals surface area contributed by atoms with E-state index in [1.807, 2.05) is 0 Å². The first-order valence-corrected chi connectivity index (χ1v) is 8.97. The topological polar surface area (TPSA) is 71.2 Å². The number of H-pyrrole nitrogens is 1. The molecule has 3 rings (SSSR count). The van der Waals surface area contributed by atoms with Crippen molar-refractivity contribution >= 4 is 27.5 Å². The second-order valence-electron chi connectivity index (χ2n) is 6.29. The molecule has 9 heteroatoms. The van der Waals surface area contributed by atoms with Crippen LogP contribution in [0.4, 0.5) is 18.9 Å². The van der Waals surface area contributed by atoms with Crippen molar-refractivity contribution in [1.29, 1.82) is 0 Å². The van der Waals surface area contributed by atoms with Gasteiger partial charge in [-0.3, -0.25) is 9.59 Å². The number of alkyl halides is 3. The lowest BCUT2D eigenvalue weighted by atomic mass is 9.73. The van der Waals surface area contributed by atoms with E-state index in [0.717, 1.165) is 12.1 Å². The number of nitrogens with one attached hydrogen (secondary N) is 2. The van der Waals surface area contributed by atoms with E-state index in [1.54, 1.807) is 0 Å². The second-order valence-corrected chi connectivity index (χ2v) is 7.20. The lowest BCUT2D eigenvalue weighted by Crippen LogP contribution is -2.45. The molecule has 1 fully saturated rings. The summed E-state index contributed by atoms with van der Waals surface area (Å²) < 4.78 is 45.3. The van der Waals surface area contributed by atoms with Crippen molar-refractivity contribution in [1.82, 2.24) is 4.98 Å². The number of pyridine rings is 1. The van der Waals surface area contributed by atoms with Crippen molar-refractivity contribution in [2.75, 3.05) is 18.5 Å². The van der Waals surface area contributed by atoms with Crippen LogP contribution in [-0.4, -0.2) is 24.1 Å². The normalized spacial score (nSPS) is 16.7. The van der Waals surface area contributed by atoms with Gasteiger partial charge in [0.25, 0.3) is 5.56 Å². The summed E-state index contributed by atoms with van der Waals surface area (Å²) in [5, 5.41) is 2.57. The van der Waals surface area contributed by atoms with Crippen LogP contribution in [0.1, 0.15) is 24.0 Å². The highest BCUT2D eigenvalue weighted by Gasteiger charge is 2.43. The van der Waals surface area contributed by atoms with E-state index in [4.69, 9.17) is 4.74 Å². The molecule has 0 spiro atoms. The van der Waals surface area contributed by atoms with Crippen LogP contribution in [0.2, 0.25) is 0 Å². The number of aromatic amines is 1. The van der Waals surface area contributed by atoms with Crippen LogP contribution in [0.15, 0.2) is 45.8 Å². The summed E-state index contributed by atoms with van der Waals surface area (Å²) in [5.74, 6) is -0.534. The Balaban J connectivity index is 2.01. The van der Waals surface area contributed by atoms with E-state index in [2.05, 4.69) is 26.2 Å². The minimum absolute atomic E-state index is 0.0206. The minimum atomic E-state index is -4.51. The fourth-order valence-electron chi connectivity index (χ4n) is 3.15. The third-order valence-corrected chi connectivity index (χ3v) is 5.10. The Bertz CT molecular complexity index is 905. The van der Waals surface area contributed by atoms with E-state index >= 15 is 0 Å². The summed E-state index contributed by atoms with van der Waals surface area (Å²) >= 11 is 3.21. The zero-order chi connectivity index (χ0) is 19.7. The van der Waals surface area contributed by atoms with Gasteiger partial charge in [-0.05, 0) is 46.5 Å². The molecular formula is C18H16BrF3N2O3. The highest BCUT2D eigenvalue weighted by molar-refractivity contribution is 9.10. The van der Waals surface area contributed by atoms with E-state index in [-0.39, 0.29) is 37.3 Å². The summed E-state index contributed by atoms with van der Waals surface area (Å²) in [6.45, 7) is 0.469. The van der Waals surface area contributed by atoms with E-state index < -0.39 is 28.6 Å². The van der Waals surface area contributed by atoms with Crippen LogP contribution in [0.5, 0.6) is 0 Å². The van der Waals surface area contributed by atoms with Gasteiger partial charge in [-0.2, -0.15) is 13.2 Å². The standard InChI is InChI=1S/C18H16BrF3N2O3/c19-13-9-14(15(25)23-10-13)24-16(26)17(4-6-27-7-5-17)11-2-1-3-12(8-11)18(20,21)22/h1-3,8-10H,4-7H2,(H,23,25)(H,24,26). The van der Waals surface area contributed by atoms with Gasteiger partial charge in [0.05, 0.1) is 11.0 Å². The number of rotatable bonds is 3. The fraction of sp³-hybridized carbons (Fsp3) is 0.333. The minimum Gasteiger partial charge on any atom is -0.381 e. The highest BCUT2D eigenvalue weighted by Crippen LogP contribution is 2.39. The van der Waals surface area contributed by atoms with Crippen LogP contribution in [-0.2, 0) is 21.1 Å². The van der Waals surface area contributed by atoms with E-state index in [1.165, 1.54) is 24.4 Å². The van der Waals surface area contributed by atoms with Gasteiger partial charge >= 0.3 is 6.18 Å². The monoisotopic (exact) mass is 444 g/mol. The Morgan fingerprint density at radius 3 is 2.59 bits per heavy atom. The molecule has 5 nitrogen and oxygen atoms in total. The molecular weight excluding hydrogens is 429 g/mol. The Morgan fingerprint density at radius 1 is 1.22 bits per heavy atom. The maximum absolute atomic E-state index is 13.1. The predicted octanol–water partition coefficient (Wildman–Crippen LogP) is 3.84. The summed E-state index contributed by atoms with van der Waals surface area (Å²) in [7, 11) is 0. The van der Waals surface area contributed by atoms with Crippen LogP contribution in [0, 0.1) is 0 Å². The number of hydrogen-bond donors (Lipinski definition) is 2. The number of ether oxygens (including phenoxy) is 1. The van der Waals surface area contributed by atoms with Gasteiger partial charge in [0.15, 0.2) is 0 Å². The zero-order valence-corrected chi connectivity index (χ0v) is 15.6. The summed E-state index contributed by atoms with van der Waals surface area (Å²) in [5.41, 5.74) is -2.26. The van der Waals surface area contributed by atoms with Gasteiger partial charge in [0.1, 0.15) is 5.69 Å². The smallest absolute Gasteiger partial charge is 0.381 e. The van der Waals surface area contributed by atoms with Crippen molar-refractivity contribution in [2.24, 2.45) is 0 Å². The van der Waals surface area contributed by atoms with Gasteiger partial charge in [-0.25, -0.2) is 0 Å². The number of amides is 1. The molecule has 2 N–H and O–H groups in total. The summed E-state index contributed by atoms with van der Waals surface area (Å²) in [4.78, 5) is 27.5. The molecule has 1 aliphatic heterocycles. The van der Waals surface area contributed by atoms with Gasteiger partial charge in [-0.1, -0.05) is 18.2 Å². The molecule has 144 valence electrons. The Hall–Kier alpha value is -2.13. The maximum Gasteiger partial charge on any atom is 0.416 e. The van der Waals surface area contributed by atoms with Crippen LogP contribution < -0.4 is 10.9 Å². The molecule has 1 amide bonds. The molecule has 0 bridgehead atoms. The SMILES string of the molecule is O=C(Nc1cc(Br)c[nH]c1=O)C1(c2cccc(C(F)(F)F)c2)CCOCC1. The highest BCUT2D eigenvalue weighted by atomic mass is 79.9.